The molecule has 0 spiro atoms. The number of rotatable bonds is 2. The maximum Gasteiger partial charge on any atom is 1.00 e. The average Bonchev–Trinajstić information content (AvgIpc) is 1.91. The number of nitrogens with zero attached hydrogens (tertiary/aromatic N) is 1. The molecule has 0 radical (unpaired) electrons. The van der Waals surface area contributed by atoms with Gasteiger partial charge in [-0.1, -0.05) is 7.60 Å². The minimum Gasteiger partial charge on any atom is -0.810 e. The Morgan fingerprint density at radius 3 is 2.29 bits per heavy atom. The largest absolute Gasteiger partial charge is 1.00 e. The van der Waals surface area contributed by atoms with Crippen LogP contribution in [0.5, 0.6) is 5.75 Å². The van der Waals surface area contributed by atoms with Gasteiger partial charge in [-0.15, -0.1) is 0 Å². The molecule has 0 aliphatic rings. The summed E-state index contributed by atoms with van der Waals surface area (Å²) in [5.74, 6) is -0.0645. The van der Waals surface area contributed by atoms with Crippen LogP contribution in [0, 0.1) is 0 Å². The molecule has 0 amide bonds. The van der Waals surface area contributed by atoms with Gasteiger partial charge in [-0.2, -0.15) is 0 Å². The Labute approximate surface area is 126 Å². The van der Waals surface area contributed by atoms with Crippen LogP contribution in [0.1, 0.15) is 5.69 Å². The van der Waals surface area contributed by atoms with Gasteiger partial charge in [0.2, 0.25) is 0 Å². The molecule has 1 N–H and O–H groups in total. The third kappa shape index (κ3) is 7.40. The van der Waals surface area contributed by atoms with E-state index in [0.29, 0.717) is 0 Å². The smallest absolute Gasteiger partial charge is 0.810 e. The Morgan fingerprint density at radius 2 is 1.93 bits per heavy atom. The molecule has 0 aliphatic carbocycles. The van der Waals surface area contributed by atoms with E-state index >= 15 is 0 Å². The van der Waals surface area contributed by atoms with Crippen molar-refractivity contribution >= 4 is 7.60 Å². The van der Waals surface area contributed by atoms with E-state index in [2.05, 4.69) is 4.98 Å². The fraction of sp³-hybridized carbons (Fsp3) is 0.167. The van der Waals surface area contributed by atoms with Crippen LogP contribution in [0.15, 0.2) is 18.3 Å². The molecule has 66 valence electrons. The Morgan fingerprint density at radius 1 is 1.36 bits per heavy atom. The molecule has 0 atom stereocenters. The third-order valence-electron chi connectivity index (χ3n) is 1.16. The van der Waals surface area contributed by atoms with Crippen molar-refractivity contribution in [3.8, 4) is 5.75 Å². The number of pyridine rings is 1. The molecule has 0 aromatic carbocycles. The number of aromatic hydroxyl groups is 1. The molecular weight excluding hydrogens is 227 g/mol. The van der Waals surface area contributed by atoms with E-state index in [4.69, 9.17) is 5.11 Å². The van der Waals surface area contributed by atoms with Crippen LogP contribution < -0.4 is 68.9 Å². The van der Waals surface area contributed by atoms with Gasteiger partial charge in [0, 0.05) is 11.9 Å². The number of hydrogen-bond donors (Lipinski definition) is 1. The number of hydrogen-bond acceptors (Lipinski definition) is 5. The first kappa shape index (κ1) is 17.5. The molecule has 14 heavy (non-hydrogen) atoms. The first-order valence-corrected chi connectivity index (χ1v) is 4.85. The quantitative estimate of drug-likeness (QED) is 0.404. The van der Waals surface area contributed by atoms with Gasteiger partial charge in [0.05, 0.1) is 6.20 Å². The minimum absolute atomic E-state index is 0. The third-order valence-corrected chi connectivity index (χ3v) is 1.88. The van der Waals surface area contributed by atoms with E-state index in [1.54, 1.807) is 0 Å². The summed E-state index contributed by atoms with van der Waals surface area (Å²) in [6, 6.07) is 2.57. The van der Waals surface area contributed by atoms with Crippen molar-refractivity contribution in [1.82, 2.24) is 4.98 Å². The standard InChI is InChI=1S/C6H8NO4P.2Na/c8-6-2-1-5(7-3-6)4-12(9,10)11;;/h1-3,8H,4H2,(H2,9,10,11);;/q;2*+1/p-2. The summed E-state index contributed by atoms with van der Waals surface area (Å²) in [4.78, 5) is 24.1. The second-order valence-electron chi connectivity index (χ2n) is 2.28. The topological polar surface area (TPSA) is 96.3 Å². The molecule has 0 saturated carbocycles. The fourth-order valence-electron chi connectivity index (χ4n) is 0.709. The van der Waals surface area contributed by atoms with E-state index in [1.165, 1.54) is 12.1 Å². The summed E-state index contributed by atoms with van der Waals surface area (Å²) >= 11 is 0. The first-order valence-electron chi connectivity index (χ1n) is 3.12. The molecular formula is C6H6NNa2O4P. The molecule has 0 aliphatic heterocycles. The summed E-state index contributed by atoms with van der Waals surface area (Å²) in [6.07, 6.45) is 0.471. The Hall–Kier alpha value is 1.10. The van der Waals surface area contributed by atoms with E-state index in [9.17, 15) is 14.4 Å². The molecule has 0 saturated heterocycles. The zero-order valence-electron chi connectivity index (χ0n) is 8.01. The maximum absolute atomic E-state index is 10.3. The van der Waals surface area contributed by atoms with Gasteiger partial charge >= 0.3 is 59.1 Å². The monoisotopic (exact) mass is 233 g/mol. The summed E-state index contributed by atoms with van der Waals surface area (Å²) in [7, 11) is -4.55. The van der Waals surface area contributed by atoms with Crippen molar-refractivity contribution in [2.75, 3.05) is 0 Å². The van der Waals surface area contributed by atoms with Gasteiger partial charge < -0.3 is 19.5 Å². The molecule has 5 nitrogen and oxygen atoms in total. The van der Waals surface area contributed by atoms with E-state index in [1.807, 2.05) is 0 Å². The van der Waals surface area contributed by atoms with Crippen LogP contribution >= 0.6 is 7.60 Å². The van der Waals surface area contributed by atoms with Gasteiger partial charge in [0.1, 0.15) is 5.75 Å². The van der Waals surface area contributed by atoms with Crippen molar-refractivity contribution in [3.05, 3.63) is 24.0 Å². The number of aromatic nitrogens is 1. The molecule has 0 fully saturated rings. The molecule has 1 rings (SSSR count). The molecule has 8 heteroatoms. The van der Waals surface area contributed by atoms with Crippen molar-refractivity contribution in [2.45, 2.75) is 6.16 Å². The van der Waals surface area contributed by atoms with Crippen LogP contribution in [0.2, 0.25) is 0 Å². The van der Waals surface area contributed by atoms with Crippen molar-refractivity contribution < 1.29 is 78.6 Å². The first-order chi connectivity index (χ1) is 5.47. The van der Waals surface area contributed by atoms with Gasteiger partial charge in [-0.3, -0.25) is 4.98 Å². The summed E-state index contributed by atoms with van der Waals surface area (Å²) in [5, 5.41) is 8.77. The Kier molecular flexibility index (Phi) is 9.23. The van der Waals surface area contributed by atoms with E-state index in [0.717, 1.165) is 6.20 Å². The summed E-state index contributed by atoms with van der Waals surface area (Å²) < 4.78 is 10.3. The van der Waals surface area contributed by atoms with Gasteiger partial charge in [0.25, 0.3) is 0 Å². The molecule has 0 unspecified atom stereocenters. The molecule has 1 aromatic heterocycles. The van der Waals surface area contributed by atoms with Crippen molar-refractivity contribution in [3.63, 3.8) is 0 Å². The Bertz CT molecular complexity index is 312. The second kappa shape index (κ2) is 7.39. The van der Waals surface area contributed by atoms with Crippen LogP contribution in [0.25, 0.3) is 0 Å². The van der Waals surface area contributed by atoms with Crippen LogP contribution in [-0.2, 0) is 10.7 Å². The maximum atomic E-state index is 10.3. The zero-order chi connectivity index (χ0) is 9.19. The predicted octanol–water partition coefficient (Wildman–Crippen LogP) is -6.79. The SMILES string of the molecule is O=P([O-])([O-])Cc1ccc(O)cn1.[Na+].[Na+]. The molecule has 0 bridgehead atoms. The normalized spacial score (nSPS) is 9.86. The molecule has 1 heterocycles. The second-order valence-corrected chi connectivity index (χ2v) is 3.81. The average molecular weight is 233 g/mol. The summed E-state index contributed by atoms with van der Waals surface area (Å²) in [6.45, 7) is 0. The van der Waals surface area contributed by atoms with Crippen LogP contribution in [0.4, 0.5) is 0 Å². The fourth-order valence-corrected chi connectivity index (χ4v) is 1.29. The molecule has 1 aromatic rings. The van der Waals surface area contributed by atoms with E-state index < -0.39 is 13.8 Å². The van der Waals surface area contributed by atoms with Crippen LogP contribution in [0.3, 0.4) is 0 Å². The van der Waals surface area contributed by atoms with Crippen LogP contribution in [-0.4, -0.2) is 10.1 Å². The minimum atomic E-state index is -4.55. The zero-order valence-corrected chi connectivity index (χ0v) is 12.9. The Balaban J connectivity index is 0. The van der Waals surface area contributed by atoms with Crippen molar-refractivity contribution in [1.29, 1.82) is 0 Å². The summed E-state index contributed by atoms with van der Waals surface area (Å²) in [5.41, 5.74) is 0.140. The van der Waals surface area contributed by atoms with Gasteiger partial charge in [-0.05, 0) is 12.1 Å². The van der Waals surface area contributed by atoms with Crippen molar-refractivity contribution in [2.24, 2.45) is 0 Å². The predicted molar refractivity (Wildman–Crippen MR) is 37.2 cm³/mol. The van der Waals surface area contributed by atoms with Gasteiger partial charge in [0.15, 0.2) is 0 Å². The van der Waals surface area contributed by atoms with Gasteiger partial charge in [-0.25, -0.2) is 0 Å². The van der Waals surface area contributed by atoms with E-state index in [-0.39, 0.29) is 70.6 Å².